The van der Waals surface area contributed by atoms with E-state index >= 15 is 0 Å². The lowest BCUT2D eigenvalue weighted by atomic mass is 10.1. The fourth-order valence-electron chi connectivity index (χ4n) is 3.76. The minimum absolute atomic E-state index is 0.0579. The number of nitrogens with one attached hydrogen (secondary N) is 2. The lowest BCUT2D eigenvalue weighted by Gasteiger charge is -2.37. The molecule has 0 radical (unpaired) electrons. The molecule has 0 saturated carbocycles. The van der Waals surface area contributed by atoms with Gasteiger partial charge >= 0.3 is 6.03 Å². The van der Waals surface area contributed by atoms with Gasteiger partial charge in [0.25, 0.3) is 0 Å². The van der Waals surface area contributed by atoms with E-state index < -0.39 is 6.03 Å². The summed E-state index contributed by atoms with van der Waals surface area (Å²) in [7, 11) is 0. The molecule has 5 rings (SSSR count). The van der Waals surface area contributed by atoms with E-state index in [9.17, 15) is 9.18 Å². The van der Waals surface area contributed by atoms with E-state index in [-0.39, 0.29) is 5.82 Å². The maximum absolute atomic E-state index is 12.0. The third-order valence-electron chi connectivity index (χ3n) is 5.48. The van der Waals surface area contributed by atoms with E-state index in [1.807, 2.05) is 17.1 Å². The van der Waals surface area contributed by atoms with Gasteiger partial charge in [0.1, 0.15) is 5.82 Å². The van der Waals surface area contributed by atoms with Crippen molar-refractivity contribution in [3.05, 3.63) is 70.5 Å². The molecule has 2 heterocycles. The molecular weight excluding hydrogens is 357 g/mol. The van der Waals surface area contributed by atoms with Gasteiger partial charge in [0.05, 0.1) is 0 Å². The monoisotopic (exact) mass is 381 g/mol. The van der Waals surface area contributed by atoms with Crippen molar-refractivity contribution in [3.8, 4) is 0 Å². The van der Waals surface area contributed by atoms with E-state index in [1.54, 1.807) is 6.07 Å². The average molecular weight is 381 g/mol. The van der Waals surface area contributed by atoms with Crippen LogP contribution in [-0.2, 0) is 0 Å². The average Bonchev–Trinajstić information content (AvgIpc) is 3.10. The Labute approximate surface area is 162 Å². The first-order chi connectivity index (χ1) is 13.5. The summed E-state index contributed by atoms with van der Waals surface area (Å²) in [5, 5.41) is 5.03. The summed E-state index contributed by atoms with van der Waals surface area (Å²) in [5.41, 5.74) is 10.3. The van der Waals surface area contributed by atoms with Crippen LogP contribution in [0, 0.1) is 16.3 Å². The van der Waals surface area contributed by atoms with Crippen LogP contribution in [0.3, 0.4) is 0 Å². The van der Waals surface area contributed by atoms with E-state index in [0.29, 0.717) is 6.04 Å². The molecule has 1 saturated heterocycles. The van der Waals surface area contributed by atoms with Crippen LogP contribution in [0.1, 0.15) is 18.5 Å². The molecule has 1 aromatic heterocycles. The minimum atomic E-state index is -0.492. The van der Waals surface area contributed by atoms with Crippen LogP contribution in [0.25, 0.3) is 10.9 Å². The number of hydrazine groups is 1. The highest BCUT2D eigenvalue weighted by atomic mass is 19.1. The van der Waals surface area contributed by atoms with Crippen molar-refractivity contribution in [1.29, 1.82) is 0 Å². The largest absolute Gasteiger partial charge is 0.361 e. The number of urea groups is 1. The number of para-hydroxylation sites is 1. The molecule has 2 aliphatic carbocycles. The number of rotatable bonds is 3. The Hall–Kier alpha value is -2.90. The highest BCUT2D eigenvalue weighted by Crippen LogP contribution is 2.28. The number of fused-ring (bicyclic) bond motifs is 1. The lowest BCUT2D eigenvalue weighted by Crippen LogP contribution is -2.55. The van der Waals surface area contributed by atoms with Gasteiger partial charge in [-0.3, -0.25) is 10.3 Å². The van der Waals surface area contributed by atoms with Gasteiger partial charge in [0, 0.05) is 54.5 Å². The SMILES string of the molecule is CC(c1c[nH]c2ccccc12)N1CCN(NC(N)=O)CC1.Fc1cc2ccc1=2. The first-order valence-electron chi connectivity index (χ1n) is 9.44. The third kappa shape index (κ3) is 3.58. The number of hydrogen-bond acceptors (Lipinski definition) is 3. The van der Waals surface area contributed by atoms with Gasteiger partial charge < -0.3 is 10.7 Å². The Balaban J connectivity index is 0.000000227. The molecule has 0 bridgehead atoms. The number of amides is 2. The summed E-state index contributed by atoms with van der Waals surface area (Å²) in [6, 6.07) is 13.4. The number of hydrogen-bond donors (Lipinski definition) is 3. The van der Waals surface area contributed by atoms with Crippen LogP contribution in [0.5, 0.6) is 0 Å². The van der Waals surface area contributed by atoms with Crippen LogP contribution in [-0.4, -0.2) is 47.1 Å². The predicted molar refractivity (Wildman–Crippen MR) is 107 cm³/mol. The van der Waals surface area contributed by atoms with Gasteiger partial charge in [-0.1, -0.05) is 30.3 Å². The van der Waals surface area contributed by atoms with Crippen LogP contribution in [0.4, 0.5) is 9.18 Å². The lowest BCUT2D eigenvalue weighted by molar-refractivity contribution is 0.0778. The van der Waals surface area contributed by atoms with Gasteiger partial charge in [0.15, 0.2) is 0 Å². The Bertz CT molecular complexity index is 1090. The fraction of sp³-hybridized carbons (Fsp3) is 0.286. The van der Waals surface area contributed by atoms with E-state index in [1.165, 1.54) is 22.5 Å². The van der Waals surface area contributed by atoms with Gasteiger partial charge in [-0.25, -0.2) is 14.2 Å². The van der Waals surface area contributed by atoms with Crippen molar-refractivity contribution in [2.75, 3.05) is 26.2 Å². The molecule has 3 aliphatic rings. The molecule has 1 aromatic carbocycles. The zero-order valence-electron chi connectivity index (χ0n) is 15.8. The maximum Gasteiger partial charge on any atom is 0.326 e. The maximum atomic E-state index is 12.0. The quantitative estimate of drug-likeness (QED) is 0.511. The van der Waals surface area contributed by atoms with Crippen LogP contribution in [0.2, 0.25) is 0 Å². The molecule has 4 N–H and O–H groups in total. The number of halogens is 1. The fourth-order valence-corrected chi connectivity index (χ4v) is 3.76. The van der Waals surface area contributed by atoms with Gasteiger partial charge in [-0.15, -0.1) is 0 Å². The molecule has 0 spiro atoms. The minimum Gasteiger partial charge on any atom is -0.361 e. The second-order valence-corrected chi connectivity index (χ2v) is 7.16. The van der Waals surface area contributed by atoms with Gasteiger partial charge in [0.2, 0.25) is 0 Å². The second kappa shape index (κ2) is 7.61. The number of nitrogens with zero attached hydrogens (tertiary/aromatic N) is 2. The van der Waals surface area contributed by atoms with Crippen molar-refractivity contribution in [3.63, 3.8) is 0 Å². The van der Waals surface area contributed by atoms with Crippen LogP contribution < -0.4 is 11.2 Å². The molecule has 1 aliphatic heterocycles. The molecular formula is C21H24FN5O. The number of benzene rings is 2. The molecule has 1 atom stereocenters. The highest BCUT2D eigenvalue weighted by molar-refractivity contribution is 5.83. The number of carbonyl (C=O) groups is 1. The standard InChI is InChI=1S/C15H21N5O.C6H3F/c1-11(13-10-17-14-5-3-2-4-12(13)14)19-6-8-20(9-7-19)18-15(16)21;7-6-3-4-1-2-5(4)6/h2-5,10-11,17H,6-9H2,1H3,(H3,16,18,21);1-3H. The zero-order chi connectivity index (χ0) is 19.7. The number of aromatic amines is 1. The number of nitrogens with two attached hydrogens (primary N) is 1. The zero-order valence-corrected chi connectivity index (χ0v) is 15.8. The Morgan fingerprint density at radius 2 is 1.93 bits per heavy atom. The van der Waals surface area contributed by atoms with Gasteiger partial charge in [-0.2, -0.15) is 0 Å². The molecule has 2 amide bonds. The third-order valence-corrected chi connectivity index (χ3v) is 5.48. The number of piperazine rings is 1. The highest BCUT2D eigenvalue weighted by Gasteiger charge is 2.24. The summed E-state index contributed by atoms with van der Waals surface area (Å²) in [4.78, 5) is 16.6. The van der Waals surface area contributed by atoms with E-state index in [4.69, 9.17) is 5.73 Å². The molecule has 1 unspecified atom stereocenters. The van der Waals surface area contributed by atoms with Crippen LogP contribution in [0.15, 0.2) is 48.7 Å². The topological polar surface area (TPSA) is 77.4 Å². The molecule has 28 heavy (non-hydrogen) atoms. The van der Waals surface area contributed by atoms with Crippen molar-refractivity contribution >= 4 is 16.9 Å². The molecule has 2 aromatic rings. The van der Waals surface area contributed by atoms with E-state index in [2.05, 4.69) is 46.6 Å². The number of H-pyrrole nitrogens is 1. The summed E-state index contributed by atoms with van der Waals surface area (Å²) < 4.78 is 12.0. The molecule has 7 heteroatoms. The summed E-state index contributed by atoms with van der Waals surface area (Å²) in [6.45, 7) is 5.61. The van der Waals surface area contributed by atoms with Crippen molar-refractivity contribution in [2.24, 2.45) is 5.73 Å². The summed E-state index contributed by atoms with van der Waals surface area (Å²) in [6.07, 6.45) is 2.10. The van der Waals surface area contributed by atoms with E-state index in [0.717, 1.165) is 36.6 Å². The first-order valence-corrected chi connectivity index (χ1v) is 9.44. The Kier molecular flexibility index (Phi) is 5.02. The molecule has 1 fully saturated rings. The molecule has 6 nitrogen and oxygen atoms in total. The second-order valence-electron chi connectivity index (χ2n) is 7.16. The number of primary amides is 1. The van der Waals surface area contributed by atoms with Crippen molar-refractivity contribution in [2.45, 2.75) is 13.0 Å². The molecule has 146 valence electrons. The number of carbonyl (C=O) groups excluding carboxylic acids is 1. The van der Waals surface area contributed by atoms with Crippen molar-refractivity contribution in [1.82, 2.24) is 20.3 Å². The Morgan fingerprint density at radius 3 is 2.46 bits per heavy atom. The predicted octanol–water partition coefficient (Wildman–Crippen LogP) is 2.86. The van der Waals surface area contributed by atoms with Crippen LogP contribution >= 0.6 is 0 Å². The normalized spacial score (nSPS) is 16.9. The number of aromatic nitrogens is 1. The van der Waals surface area contributed by atoms with Crippen molar-refractivity contribution < 1.29 is 9.18 Å². The van der Waals surface area contributed by atoms with Gasteiger partial charge in [-0.05, 0) is 29.8 Å². The smallest absolute Gasteiger partial charge is 0.326 e. The first kappa shape index (κ1) is 18.5. The summed E-state index contributed by atoms with van der Waals surface area (Å²) in [5.74, 6) is -0.0579. The summed E-state index contributed by atoms with van der Waals surface area (Å²) >= 11 is 0. The Morgan fingerprint density at radius 1 is 1.18 bits per heavy atom.